The van der Waals surface area contributed by atoms with Crippen LogP contribution in [0.15, 0.2) is 0 Å². The summed E-state index contributed by atoms with van der Waals surface area (Å²) in [5.41, 5.74) is -3.51. The van der Waals surface area contributed by atoms with E-state index in [0.717, 1.165) is 6.92 Å². The fourth-order valence-corrected chi connectivity index (χ4v) is 0.868. The Morgan fingerprint density at radius 1 is 1.38 bits per heavy atom. The number of carboxylic acid groups (broad SMARTS) is 1. The molecule has 0 spiro atoms. The highest BCUT2D eigenvalue weighted by Gasteiger charge is 2.35. The molecule has 0 radical (unpaired) electrons. The van der Waals surface area contributed by atoms with Crippen molar-refractivity contribution in [1.82, 2.24) is 5.32 Å². The van der Waals surface area contributed by atoms with Crippen LogP contribution >= 0.6 is 0 Å². The molecule has 0 heterocycles. The predicted octanol–water partition coefficient (Wildman–Crippen LogP) is 0.735. The highest BCUT2D eigenvalue weighted by atomic mass is 16.6. The van der Waals surface area contributed by atoms with Crippen molar-refractivity contribution in [1.29, 1.82) is 0 Å². The zero-order valence-corrected chi connectivity index (χ0v) is 9.70. The lowest BCUT2D eigenvalue weighted by Crippen LogP contribution is -2.54. The molecule has 6 nitrogen and oxygen atoms in total. The average Bonchev–Trinajstić information content (AvgIpc) is 2.08. The molecule has 0 aliphatic heterocycles. The van der Waals surface area contributed by atoms with Crippen molar-refractivity contribution in [3.8, 4) is 0 Å². The van der Waals surface area contributed by atoms with Gasteiger partial charge in [-0.1, -0.05) is 0 Å². The number of alkyl carbamates (subject to hydrolysis) is 1. The third-order valence-corrected chi connectivity index (χ3v) is 1.47. The molecule has 0 aliphatic carbocycles. The Balaban J connectivity index is 5.07. The van der Waals surface area contributed by atoms with Crippen LogP contribution in [0.3, 0.4) is 0 Å². The van der Waals surface area contributed by atoms with Crippen LogP contribution in [-0.2, 0) is 9.53 Å². The number of nitrogens with one attached hydrogen (secondary N) is 1. The molecule has 0 aromatic heterocycles. The van der Waals surface area contributed by atoms with Gasteiger partial charge in [-0.2, -0.15) is 0 Å². The minimum atomic E-state index is -2.98. The molecule has 0 rings (SSSR count). The van der Waals surface area contributed by atoms with Gasteiger partial charge in [-0.25, -0.2) is 9.59 Å². The fourth-order valence-electron chi connectivity index (χ4n) is 0.868. The van der Waals surface area contributed by atoms with E-state index in [2.05, 4.69) is 0 Å². The fraction of sp³-hybridized carbons (Fsp3) is 0.800. The SMILES string of the molecule is [2H]C([2H])([2H])[C@](C)(O)[C@H](NC(=O)OC(C)(C)C)C(=O)O. The maximum Gasteiger partial charge on any atom is 0.408 e. The molecule has 0 unspecified atom stereocenters. The van der Waals surface area contributed by atoms with Crippen LogP contribution in [0.25, 0.3) is 0 Å². The Morgan fingerprint density at radius 2 is 1.88 bits per heavy atom. The number of aliphatic carboxylic acids is 1. The summed E-state index contributed by atoms with van der Waals surface area (Å²) in [6.45, 7) is 2.51. The van der Waals surface area contributed by atoms with E-state index in [-0.39, 0.29) is 0 Å². The second-order valence-electron chi connectivity index (χ2n) is 4.57. The zero-order chi connectivity index (χ0) is 15.6. The molecule has 0 fully saturated rings. The van der Waals surface area contributed by atoms with E-state index in [9.17, 15) is 14.7 Å². The lowest BCUT2D eigenvalue weighted by atomic mass is 9.99. The van der Waals surface area contributed by atoms with Crippen LogP contribution in [0.1, 0.15) is 38.7 Å². The topological polar surface area (TPSA) is 95.9 Å². The van der Waals surface area contributed by atoms with Crippen LogP contribution in [0, 0.1) is 0 Å². The van der Waals surface area contributed by atoms with Crippen LogP contribution < -0.4 is 5.32 Å². The van der Waals surface area contributed by atoms with Gasteiger partial charge in [0.05, 0.1) is 5.60 Å². The lowest BCUT2D eigenvalue weighted by molar-refractivity contribution is -0.145. The van der Waals surface area contributed by atoms with Gasteiger partial charge in [0.2, 0.25) is 0 Å². The Kier molecular flexibility index (Phi) is 2.90. The quantitative estimate of drug-likeness (QED) is 0.671. The first-order valence-corrected chi connectivity index (χ1v) is 4.63. The van der Waals surface area contributed by atoms with Crippen LogP contribution in [-0.4, -0.2) is 39.5 Å². The van der Waals surface area contributed by atoms with E-state index in [1.807, 2.05) is 5.32 Å². The molecular formula is C10H19NO5. The van der Waals surface area contributed by atoms with Gasteiger partial charge in [0, 0.05) is 4.11 Å². The molecule has 16 heavy (non-hydrogen) atoms. The van der Waals surface area contributed by atoms with Crippen molar-refractivity contribution in [2.75, 3.05) is 0 Å². The van der Waals surface area contributed by atoms with Gasteiger partial charge in [-0.15, -0.1) is 0 Å². The first-order chi connectivity index (χ1) is 8.18. The van der Waals surface area contributed by atoms with Gasteiger partial charge >= 0.3 is 12.1 Å². The van der Waals surface area contributed by atoms with Crippen molar-refractivity contribution in [3.63, 3.8) is 0 Å². The molecule has 0 saturated carbocycles. The summed E-state index contributed by atoms with van der Waals surface area (Å²) in [6.07, 6.45) is -1.12. The average molecular weight is 236 g/mol. The molecule has 0 aliphatic rings. The summed E-state index contributed by atoms with van der Waals surface area (Å²) in [7, 11) is 0. The van der Waals surface area contributed by atoms with E-state index in [1.165, 1.54) is 0 Å². The summed E-state index contributed by atoms with van der Waals surface area (Å²) >= 11 is 0. The third kappa shape index (κ3) is 5.55. The van der Waals surface area contributed by atoms with Gasteiger partial charge in [0.15, 0.2) is 6.04 Å². The van der Waals surface area contributed by atoms with Gasteiger partial charge in [-0.3, -0.25) is 0 Å². The molecule has 2 atom stereocenters. The number of carbonyl (C=O) groups is 2. The summed E-state index contributed by atoms with van der Waals surface area (Å²) < 4.78 is 26.1. The minimum absolute atomic E-state index is 0.816. The Hall–Kier alpha value is -1.30. The summed E-state index contributed by atoms with van der Waals surface area (Å²) in [6, 6.07) is -2.02. The Bertz CT molecular complexity index is 359. The van der Waals surface area contributed by atoms with Crippen LogP contribution in [0.4, 0.5) is 4.79 Å². The smallest absolute Gasteiger partial charge is 0.408 e. The molecule has 0 saturated heterocycles. The van der Waals surface area contributed by atoms with Gasteiger partial charge in [0.1, 0.15) is 5.60 Å². The first kappa shape index (κ1) is 9.89. The van der Waals surface area contributed by atoms with E-state index in [0.29, 0.717) is 0 Å². The number of carboxylic acids is 1. The number of hydrogen-bond acceptors (Lipinski definition) is 4. The molecule has 1 amide bonds. The lowest BCUT2D eigenvalue weighted by Gasteiger charge is -2.28. The number of carbonyl (C=O) groups excluding carboxylic acids is 1. The third-order valence-electron chi connectivity index (χ3n) is 1.47. The van der Waals surface area contributed by atoms with E-state index < -0.39 is 36.2 Å². The largest absolute Gasteiger partial charge is 0.480 e. The molecule has 3 N–H and O–H groups in total. The van der Waals surface area contributed by atoms with E-state index in [4.69, 9.17) is 14.0 Å². The zero-order valence-electron chi connectivity index (χ0n) is 12.7. The Labute approximate surface area is 98.8 Å². The van der Waals surface area contributed by atoms with Gasteiger partial charge < -0.3 is 20.3 Å². The molecule has 0 bridgehead atoms. The molecule has 0 aromatic carbocycles. The molecular weight excluding hydrogens is 214 g/mol. The standard InChI is InChI=1S/C10H19NO5/c1-9(2,3)16-8(14)11-6(7(12)13)10(4,5)15/h6,15H,1-5H3,(H,11,14)(H,12,13)/t6-/m1/s1/i4D3/t6-,10-. The number of ether oxygens (including phenoxy) is 1. The number of amides is 1. The van der Waals surface area contributed by atoms with Crippen molar-refractivity contribution >= 4 is 12.1 Å². The highest BCUT2D eigenvalue weighted by Crippen LogP contribution is 2.11. The summed E-state index contributed by atoms with van der Waals surface area (Å²) in [4.78, 5) is 22.5. The second-order valence-corrected chi connectivity index (χ2v) is 4.57. The highest BCUT2D eigenvalue weighted by molar-refractivity contribution is 5.81. The number of aliphatic hydroxyl groups is 1. The van der Waals surface area contributed by atoms with Crippen molar-refractivity contribution < 1.29 is 28.7 Å². The van der Waals surface area contributed by atoms with Crippen molar-refractivity contribution in [2.24, 2.45) is 0 Å². The second kappa shape index (κ2) is 4.69. The summed E-state index contributed by atoms with van der Waals surface area (Å²) in [5, 5.41) is 20.6. The predicted molar refractivity (Wildman–Crippen MR) is 57.1 cm³/mol. The molecule has 94 valence electrons. The minimum Gasteiger partial charge on any atom is -0.480 e. The van der Waals surface area contributed by atoms with Crippen LogP contribution in [0.5, 0.6) is 0 Å². The first-order valence-electron chi connectivity index (χ1n) is 6.13. The van der Waals surface area contributed by atoms with Gasteiger partial charge in [-0.05, 0) is 34.5 Å². The van der Waals surface area contributed by atoms with Crippen molar-refractivity contribution in [2.45, 2.75) is 51.8 Å². The Morgan fingerprint density at radius 3 is 2.19 bits per heavy atom. The molecule has 6 heteroatoms. The number of rotatable bonds is 3. The number of hydrogen-bond donors (Lipinski definition) is 3. The maximum atomic E-state index is 11.5. The van der Waals surface area contributed by atoms with Crippen LogP contribution in [0.2, 0.25) is 0 Å². The normalized spacial score (nSPS) is 20.7. The van der Waals surface area contributed by atoms with E-state index in [1.54, 1.807) is 20.8 Å². The summed E-state index contributed by atoms with van der Waals surface area (Å²) in [5.74, 6) is -1.67. The van der Waals surface area contributed by atoms with E-state index >= 15 is 0 Å². The monoisotopic (exact) mass is 236 g/mol. The molecule has 0 aromatic rings. The van der Waals surface area contributed by atoms with Gasteiger partial charge in [0.25, 0.3) is 0 Å². The van der Waals surface area contributed by atoms with Crippen molar-refractivity contribution in [3.05, 3.63) is 0 Å². The maximum absolute atomic E-state index is 11.5.